The molecule has 0 unspecified atom stereocenters. The van der Waals surface area contributed by atoms with Gasteiger partial charge in [-0.15, -0.1) is 0 Å². The molecular formula is C15H14ClN3O5. The average Bonchev–Trinajstić information content (AvgIpc) is 2.55. The first kappa shape index (κ1) is 17.5. The van der Waals surface area contributed by atoms with E-state index in [1.807, 2.05) is 4.98 Å². The van der Waals surface area contributed by atoms with Crippen LogP contribution in [-0.2, 0) is 27.4 Å². The first-order valence-electron chi connectivity index (χ1n) is 6.90. The van der Waals surface area contributed by atoms with E-state index in [1.54, 1.807) is 24.3 Å². The zero-order valence-corrected chi connectivity index (χ0v) is 13.2. The van der Waals surface area contributed by atoms with Gasteiger partial charge in [0.25, 0.3) is 11.5 Å². The standard InChI is InChI=1S/C15H14ClN3O5/c16-11-3-1-10(2-4-11)7-17-13(21)9-24-14(22)8-19-6-5-12(20)18-15(19)23/h1-6H,7-9H2,(H,17,21)(H,18,20,23). The highest BCUT2D eigenvalue weighted by Gasteiger charge is 2.09. The number of carbonyl (C=O) groups excluding carboxylic acids is 2. The first-order valence-corrected chi connectivity index (χ1v) is 7.28. The Balaban J connectivity index is 1.76. The maximum absolute atomic E-state index is 11.6. The third-order valence-corrected chi connectivity index (χ3v) is 3.22. The number of halogens is 1. The van der Waals surface area contributed by atoms with Crippen LogP contribution < -0.4 is 16.6 Å². The molecule has 2 rings (SSSR count). The van der Waals surface area contributed by atoms with Gasteiger partial charge in [-0.25, -0.2) is 4.79 Å². The number of hydrogen-bond acceptors (Lipinski definition) is 5. The molecule has 126 valence electrons. The number of nitrogens with one attached hydrogen (secondary N) is 2. The summed E-state index contributed by atoms with van der Waals surface area (Å²) in [6.07, 6.45) is 1.17. The van der Waals surface area contributed by atoms with E-state index in [1.165, 1.54) is 6.20 Å². The molecule has 1 heterocycles. The molecule has 1 amide bonds. The predicted molar refractivity (Wildman–Crippen MR) is 85.6 cm³/mol. The number of ether oxygens (including phenoxy) is 1. The quantitative estimate of drug-likeness (QED) is 0.714. The van der Waals surface area contributed by atoms with Gasteiger partial charge >= 0.3 is 11.7 Å². The van der Waals surface area contributed by atoms with Crippen molar-refractivity contribution in [3.8, 4) is 0 Å². The lowest BCUT2D eigenvalue weighted by Crippen LogP contribution is -2.33. The summed E-state index contributed by atoms with van der Waals surface area (Å²) in [6, 6.07) is 8.03. The van der Waals surface area contributed by atoms with Crippen molar-refractivity contribution in [3.05, 3.63) is 68.0 Å². The van der Waals surface area contributed by atoms with Crippen molar-refractivity contribution in [2.45, 2.75) is 13.1 Å². The fraction of sp³-hybridized carbons (Fsp3) is 0.200. The number of H-pyrrole nitrogens is 1. The molecule has 1 aromatic heterocycles. The van der Waals surface area contributed by atoms with E-state index in [0.29, 0.717) is 5.02 Å². The lowest BCUT2D eigenvalue weighted by molar-refractivity contribution is -0.149. The van der Waals surface area contributed by atoms with Crippen LogP contribution in [-0.4, -0.2) is 28.0 Å². The van der Waals surface area contributed by atoms with Crippen molar-refractivity contribution in [2.75, 3.05) is 6.61 Å². The second kappa shape index (κ2) is 8.11. The number of hydrogen-bond donors (Lipinski definition) is 2. The van der Waals surface area contributed by atoms with E-state index in [9.17, 15) is 19.2 Å². The summed E-state index contributed by atoms with van der Waals surface area (Å²) in [7, 11) is 0. The number of amides is 1. The van der Waals surface area contributed by atoms with Gasteiger partial charge in [0, 0.05) is 23.8 Å². The molecule has 0 saturated heterocycles. The maximum Gasteiger partial charge on any atom is 0.328 e. The topological polar surface area (TPSA) is 110 Å². The maximum atomic E-state index is 11.6. The number of nitrogens with zero attached hydrogens (tertiary/aromatic N) is 1. The molecule has 2 N–H and O–H groups in total. The molecule has 9 heteroatoms. The van der Waals surface area contributed by atoms with Crippen molar-refractivity contribution < 1.29 is 14.3 Å². The van der Waals surface area contributed by atoms with Gasteiger partial charge in [0.1, 0.15) is 6.54 Å². The van der Waals surface area contributed by atoms with Crippen molar-refractivity contribution in [1.29, 1.82) is 0 Å². The third kappa shape index (κ3) is 5.40. The van der Waals surface area contributed by atoms with Crippen molar-refractivity contribution in [1.82, 2.24) is 14.9 Å². The minimum atomic E-state index is -0.772. The molecule has 24 heavy (non-hydrogen) atoms. The summed E-state index contributed by atoms with van der Waals surface area (Å²) < 4.78 is 5.74. The highest BCUT2D eigenvalue weighted by atomic mass is 35.5. The molecule has 0 fully saturated rings. The molecule has 0 aliphatic rings. The molecule has 0 radical (unpaired) electrons. The Morgan fingerprint density at radius 2 is 1.88 bits per heavy atom. The van der Waals surface area contributed by atoms with Crippen LogP contribution in [0.4, 0.5) is 0 Å². The molecule has 0 spiro atoms. The minimum Gasteiger partial charge on any atom is -0.454 e. The smallest absolute Gasteiger partial charge is 0.328 e. The summed E-state index contributed by atoms with van der Waals surface area (Å²) in [4.78, 5) is 47.5. The van der Waals surface area contributed by atoms with Gasteiger partial charge in [-0.05, 0) is 17.7 Å². The van der Waals surface area contributed by atoms with Crippen LogP contribution in [0.5, 0.6) is 0 Å². The van der Waals surface area contributed by atoms with Gasteiger partial charge in [-0.1, -0.05) is 23.7 Å². The van der Waals surface area contributed by atoms with Crippen LogP contribution in [0.1, 0.15) is 5.56 Å². The van der Waals surface area contributed by atoms with Gasteiger partial charge in [-0.2, -0.15) is 0 Å². The van der Waals surface area contributed by atoms with Crippen molar-refractivity contribution in [3.63, 3.8) is 0 Å². The van der Waals surface area contributed by atoms with Crippen LogP contribution in [0, 0.1) is 0 Å². The monoisotopic (exact) mass is 351 g/mol. The average molecular weight is 352 g/mol. The van der Waals surface area contributed by atoms with Gasteiger partial charge < -0.3 is 10.1 Å². The Hall–Kier alpha value is -2.87. The number of aromatic nitrogens is 2. The molecule has 0 saturated carbocycles. The zero-order chi connectivity index (χ0) is 17.5. The second-order valence-electron chi connectivity index (χ2n) is 4.80. The van der Waals surface area contributed by atoms with Crippen LogP contribution >= 0.6 is 11.6 Å². The van der Waals surface area contributed by atoms with Crippen molar-refractivity contribution in [2.24, 2.45) is 0 Å². The highest BCUT2D eigenvalue weighted by molar-refractivity contribution is 6.30. The fourth-order valence-electron chi connectivity index (χ4n) is 1.75. The number of rotatable bonds is 6. The number of esters is 1. The SMILES string of the molecule is O=C(COC(=O)Cn1ccc(=O)[nH]c1=O)NCc1ccc(Cl)cc1. The molecule has 8 nitrogen and oxygen atoms in total. The summed E-state index contributed by atoms with van der Waals surface area (Å²) in [5.41, 5.74) is -0.447. The van der Waals surface area contributed by atoms with E-state index in [2.05, 4.69) is 5.32 Å². The Morgan fingerprint density at radius 3 is 2.54 bits per heavy atom. The largest absolute Gasteiger partial charge is 0.454 e. The van der Waals surface area contributed by atoms with Crippen LogP contribution in [0.3, 0.4) is 0 Å². The fourth-order valence-corrected chi connectivity index (χ4v) is 1.88. The van der Waals surface area contributed by atoms with Gasteiger partial charge in [0.05, 0.1) is 0 Å². The van der Waals surface area contributed by atoms with Crippen LogP contribution in [0.15, 0.2) is 46.1 Å². The molecule has 0 bridgehead atoms. The summed E-state index contributed by atoms with van der Waals surface area (Å²) in [6.45, 7) is -0.600. The summed E-state index contributed by atoms with van der Waals surface area (Å²) >= 11 is 5.76. The lowest BCUT2D eigenvalue weighted by Gasteiger charge is -2.07. The first-order chi connectivity index (χ1) is 11.4. The molecule has 1 aromatic carbocycles. The highest BCUT2D eigenvalue weighted by Crippen LogP contribution is 2.08. The number of benzene rings is 1. The third-order valence-electron chi connectivity index (χ3n) is 2.96. The summed E-state index contributed by atoms with van der Waals surface area (Å²) in [5, 5.41) is 3.18. The van der Waals surface area contributed by atoms with E-state index >= 15 is 0 Å². The van der Waals surface area contributed by atoms with E-state index in [4.69, 9.17) is 16.3 Å². The Kier molecular flexibility index (Phi) is 5.91. The van der Waals surface area contributed by atoms with Crippen molar-refractivity contribution >= 4 is 23.5 Å². The zero-order valence-electron chi connectivity index (χ0n) is 12.5. The van der Waals surface area contributed by atoms with E-state index in [-0.39, 0.29) is 6.54 Å². The molecular weight excluding hydrogens is 338 g/mol. The Bertz CT molecular complexity index is 841. The van der Waals surface area contributed by atoms with Gasteiger partial charge in [0.15, 0.2) is 6.61 Å². The molecule has 0 aliphatic heterocycles. The van der Waals surface area contributed by atoms with E-state index < -0.39 is 36.3 Å². The molecule has 2 aromatic rings. The minimum absolute atomic E-state index is 0.271. The van der Waals surface area contributed by atoms with Crippen LogP contribution in [0.2, 0.25) is 5.02 Å². The van der Waals surface area contributed by atoms with Gasteiger partial charge in [0.2, 0.25) is 0 Å². The molecule has 0 atom stereocenters. The van der Waals surface area contributed by atoms with Gasteiger partial charge in [-0.3, -0.25) is 23.9 Å². The van der Waals surface area contributed by atoms with Crippen LogP contribution in [0.25, 0.3) is 0 Å². The second-order valence-corrected chi connectivity index (χ2v) is 5.24. The predicted octanol–water partition coefficient (Wildman–Crippen LogP) is 0.0496. The number of aromatic amines is 1. The van der Waals surface area contributed by atoms with E-state index in [0.717, 1.165) is 16.2 Å². The Labute approximate surface area is 141 Å². The molecule has 0 aliphatic carbocycles. The summed E-state index contributed by atoms with van der Waals surface area (Å²) in [5.74, 6) is -1.25. The number of carbonyl (C=O) groups is 2. The normalized spacial score (nSPS) is 10.2. The Morgan fingerprint density at radius 1 is 1.17 bits per heavy atom. The lowest BCUT2D eigenvalue weighted by atomic mass is 10.2.